The quantitative estimate of drug-likeness (QED) is 0.488. The van der Waals surface area contributed by atoms with Gasteiger partial charge in [-0.25, -0.2) is 0 Å². The molecule has 1 aliphatic rings. The van der Waals surface area contributed by atoms with Crippen molar-refractivity contribution in [2.45, 2.75) is 10.9 Å². The van der Waals surface area contributed by atoms with Crippen LogP contribution in [0, 0.1) is 0 Å². The summed E-state index contributed by atoms with van der Waals surface area (Å²) in [5, 5.41) is 6.29. The van der Waals surface area contributed by atoms with Gasteiger partial charge in [-0.2, -0.15) is 5.10 Å². The van der Waals surface area contributed by atoms with Crippen LogP contribution in [0.15, 0.2) is 70.8 Å². The van der Waals surface area contributed by atoms with Gasteiger partial charge in [0.1, 0.15) is 12.3 Å². The smallest absolute Gasteiger partial charge is 0.144 e. The number of thioether (sulfide) groups is 1. The molecular formula is C18H16N2OS. The molecule has 0 aromatic heterocycles. The number of rotatable bonds is 4. The summed E-state index contributed by atoms with van der Waals surface area (Å²) in [7, 11) is 0. The molecule has 0 unspecified atom stereocenters. The Labute approximate surface area is 134 Å². The summed E-state index contributed by atoms with van der Waals surface area (Å²) < 4.78 is 0. The van der Waals surface area contributed by atoms with E-state index in [1.54, 1.807) is 18.0 Å². The summed E-state index contributed by atoms with van der Waals surface area (Å²) in [5.74, 6) is 0. The Morgan fingerprint density at radius 2 is 1.91 bits per heavy atom. The van der Waals surface area contributed by atoms with Gasteiger partial charge in [0.05, 0.1) is 6.21 Å². The van der Waals surface area contributed by atoms with Gasteiger partial charge in [0.15, 0.2) is 0 Å². The SMILES string of the molecule is CSc1ccc([C@@H]2c3ccccc3C=NN2C=CC=O)cc1. The fourth-order valence-corrected chi connectivity index (χ4v) is 2.99. The van der Waals surface area contributed by atoms with Crippen LogP contribution in [-0.2, 0) is 4.79 Å². The molecule has 110 valence electrons. The predicted octanol–water partition coefficient (Wildman–Crippen LogP) is 3.86. The number of hydrogen-bond acceptors (Lipinski definition) is 4. The zero-order valence-electron chi connectivity index (χ0n) is 12.2. The van der Waals surface area contributed by atoms with Crippen LogP contribution < -0.4 is 0 Å². The van der Waals surface area contributed by atoms with Crippen molar-refractivity contribution in [2.24, 2.45) is 5.10 Å². The molecule has 1 aliphatic heterocycles. The number of aldehydes is 1. The van der Waals surface area contributed by atoms with E-state index in [9.17, 15) is 4.79 Å². The Balaban J connectivity index is 2.06. The van der Waals surface area contributed by atoms with Gasteiger partial charge in [-0.05, 0) is 35.6 Å². The Hall–Kier alpha value is -2.33. The van der Waals surface area contributed by atoms with Gasteiger partial charge in [0, 0.05) is 16.7 Å². The molecule has 0 radical (unpaired) electrons. The van der Waals surface area contributed by atoms with Crippen LogP contribution in [0.3, 0.4) is 0 Å². The van der Waals surface area contributed by atoms with Gasteiger partial charge < -0.3 is 0 Å². The summed E-state index contributed by atoms with van der Waals surface area (Å²) in [6.45, 7) is 0. The molecule has 3 nitrogen and oxygen atoms in total. The lowest BCUT2D eigenvalue weighted by Crippen LogP contribution is -2.24. The van der Waals surface area contributed by atoms with Crippen molar-refractivity contribution >= 4 is 24.3 Å². The maximum atomic E-state index is 10.7. The number of hydrogen-bond donors (Lipinski definition) is 0. The molecule has 0 saturated carbocycles. The number of allylic oxidation sites excluding steroid dienone is 1. The highest BCUT2D eigenvalue weighted by molar-refractivity contribution is 7.98. The first-order valence-corrected chi connectivity index (χ1v) is 8.23. The first-order valence-electron chi connectivity index (χ1n) is 7.00. The molecule has 0 aliphatic carbocycles. The monoisotopic (exact) mass is 308 g/mol. The fraction of sp³-hybridized carbons (Fsp3) is 0.111. The summed E-state index contributed by atoms with van der Waals surface area (Å²) in [6, 6.07) is 16.7. The largest absolute Gasteiger partial charge is 0.299 e. The number of carbonyl (C=O) groups is 1. The van der Waals surface area contributed by atoms with E-state index in [-0.39, 0.29) is 6.04 Å². The lowest BCUT2D eigenvalue weighted by atomic mass is 9.93. The maximum Gasteiger partial charge on any atom is 0.144 e. The Bertz CT molecular complexity index is 722. The van der Waals surface area contributed by atoms with E-state index in [2.05, 4.69) is 47.8 Å². The average molecular weight is 308 g/mol. The molecule has 0 spiro atoms. The van der Waals surface area contributed by atoms with Crippen LogP contribution in [0.2, 0.25) is 0 Å². The van der Waals surface area contributed by atoms with E-state index in [4.69, 9.17) is 0 Å². The topological polar surface area (TPSA) is 32.7 Å². The maximum absolute atomic E-state index is 10.7. The second kappa shape index (κ2) is 6.62. The molecule has 0 fully saturated rings. The number of nitrogens with zero attached hydrogens (tertiary/aromatic N) is 2. The molecule has 0 bridgehead atoms. The van der Waals surface area contributed by atoms with E-state index in [0.29, 0.717) is 0 Å². The van der Waals surface area contributed by atoms with E-state index < -0.39 is 0 Å². The number of carbonyl (C=O) groups excluding carboxylic acids is 1. The normalized spacial score (nSPS) is 16.8. The third-order valence-electron chi connectivity index (χ3n) is 3.63. The molecule has 22 heavy (non-hydrogen) atoms. The molecule has 1 heterocycles. The van der Waals surface area contributed by atoms with Crippen LogP contribution in [-0.4, -0.2) is 23.8 Å². The highest BCUT2D eigenvalue weighted by Gasteiger charge is 2.24. The average Bonchev–Trinajstić information content (AvgIpc) is 2.59. The minimum absolute atomic E-state index is 0.0201. The first-order chi connectivity index (χ1) is 10.8. The van der Waals surface area contributed by atoms with E-state index in [1.807, 2.05) is 23.4 Å². The van der Waals surface area contributed by atoms with Crippen LogP contribution in [0.4, 0.5) is 0 Å². The zero-order valence-corrected chi connectivity index (χ0v) is 13.0. The fourth-order valence-electron chi connectivity index (χ4n) is 2.58. The van der Waals surface area contributed by atoms with E-state index >= 15 is 0 Å². The first kappa shape index (κ1) is 14.6. The minimum atomic E-state index is -0.0201. The third kappa shape index (κ3) is 2.83. The standard InChI is InChI=1S/C18H16N2OS/c1-22-16-9-7-14(8-10-16)18-17-6-3-2-5-15(17)13-19-20(18)11-4-12-21/h2-13,18H,1H3/t18-/m1/s1. The Kier molecular flexibility index (Phi) is 4.39. The lowest BCUT2D eigenvalue weighted by Gasteiger charge is -2.31. The van der Waals surface area contributed by atoms with Crippen molar-refractivity contribution in [3.63, 3.8) is 0 Å². The van der Waals surface area contributed by atoms with Crippen LogP contribution in [0.1, 0.15) is 22.7 Å². The Morgan fingerprint density at radius 1 is 1.14 bits per heavy atom. The minimum Gasteiger partial charge on any atom is -0.299 e. The molecule has 2 aromatic rings. The van der Waals surface area contributed by atoms with Crippen molar-refractivity contribution in [2.75, 3.05) is 6.26 Å². The molecule has 0 saturated heterocycles. The lowest BCUT2D eigenvalue weighted by molar-refractivity contribution is -0.104. The van der Waals surface area contributed by atoms with Gasteiger partial charge in [-0.3, -0.25) is 9.80 Å². The van der Waals surface area contributed by atoms with Crippen LogP contribution >= 0.6 is 11.8 Å². The van der Waals surface area contributed by atoms with Crippen molar-refractivity contribution < 1.29 is 4.79 Å². The van der Waals surface area contributed by atoms with Gasteiger partial charge in [-0.1, -0.05) is 36.4 Å². The zero-order chi connectivity index (χ0) is 15.4. The molecule has 3 rings (SSSR count). The van der Waals surface area contributed by atoms with Crippen molar-refractivity contribution in [1.82, 2.24) is 5.01 Å². The van der Waals surface area contributed by atoms with Crippen LogP contribution in [0.5, 0.6) is 0 Å². The van der Waals surface area contributed by atoms with Gasteiger partial charge in [0.2, 0.25) is 0 Å². The van der Waals surface area contributed by atoms with E-state index in [1.165, 1.54) is 16.5 Å². The number of hydrazone groups is 1. The summed E-state index contributed by atoms with van der Waals surface area (Å²) in [4.78, 5) is 11.9. The summed E-state index contributed by atoms with van der Waals surface area (Å²) in [5.41, 5.74) is 3.44. The van der Waals surface area contributed by atoms with Gasteiger partial charge >= 0.3 is 0 Å². The molecular weight excluding hydrogens is 292 g/mol. The highest BCUT2D eigenvalue weighted by atomic mass is 32.2. The third-order valence-corrected chi connectivity index (χ3v) is 4.38. The molecule has 1 atom stereocenters. The van der Waals surface area contributed by atoms with Crippen LogP contribution in [0.25, 0.3) is 0 Å². The molecule has 2 aromatic carbocycles. The molecule has 4 heteroatoms. The summed E-state index contributed by atoms with van der Waals surface area (Å²) >= 11 is 1.72. The predicted molar refractivity (Wildman–Crippen MR) is 91.1 cm³/mol. The molecule has 0 N–H and O–H groups in total. The van der Waals surface area contributed by atoms with E-state index in [0.717, 1.165) is 17.4 Å². The Morgan fingerprint density at radius 3 is 2.64 bits per heavy atom. The van der Waals surface area contributed by atoms with Crippen molar-refractivity contribution in [3.05, 3.63) is 77.5 Å². The van der Waals surface area contributed by atoms with Gasteiger partial charge in [0.25, 0.3) is 0 Å². The van der Waals surface area contributed by atoms with Crippen molar-refractivity contribution in [1.29, 1.82) is 0 Å². The number of benzene rings is 2. The highest BCUT2D eigenvalue weighted by Crippen LogP contribution is 2.34. The van der Waals surface area contributed by atoms with Gasteiger partial charge in [-0.15, -0.1) is 11.8 Å². The molecule has 0 amide bonds. The number of fused-ring (bicyclic) bond motifs is 1. The summed E-state index contributed by atoms with van der Waals surface area (Å²) in [6.07, 6.45) is 7.84. The second-order valence-electron chi connectivity index (χ2n) is 4.91. The second-order valence-corrected chi connectivity index (χ2v) is 5.79. The van der Waals surface area contributed by atoms with Crippen molar-refractivity contribution in [3.8, 4) is 0 Å².